The second kappa shape index (κ2) is 5.45. The normalized spacial score (nSPS) is 15.6. The molecule has 1 aromatic heterocycles. The zero-order valence-electron chi connectivity index (χ0n) is 12.0. The summed E-state index contributed by atoms with van der Waals surface area (Å²) in [5.41, 5.74) is 1.62. The Bertz CT molecular complexity index is 863. The van der Waals surface area contributed by atoms with E-state index in [-0.39, 0.29) is 11.3 Å². The Kier molecular flexibility index (Phi) is 3.46. The van der Waals surface area contributed by atoms with Crippen molar-refractivity contribution in [2.45, 2.75) is 6.92 Å². The molecule has 2 heterocycles. The van der Waals surface area contributed by atoms with E-state index in [2.05, 4.69) is 10.6 Å². The van der Waals surface area contributed by atoms with Gasteiger partial charge in [0.1, 0.15) is 17.2 Å². The van der Waals surface area contributed by atoms with Gasteiger partial charge in [-0.15, -0.1) is 0 Å². The molecule has 3 rings (SSSR count). The number of carbonyl (C=O) groups excluding carboxylic acids is 3. The number of carboxylic acids is 1. The molecule has 0 bridgehead atoms. The number of furan rings is 1. The van der Waals surface area contributed by atoms with Gasteiger partial charge in [-0.1, -0.05) is 12.1 Å². The van der Waals surface area contributed by atoms with Crippen LogP contribution in [0.3, 0.4) is 0 Å². The first kappa shape index (κ1) is 14.6. The molecule has 1 aliphatic rings. The van der Waals surface area contributed by atoms with E-state index in [0.29, 0.717) is 17.1 Å². The van der Waals surface area contributed by atoms with Crippen LogP contribution in [0.5, 0.6) is 0 Å². The molecule has 1 aromatic carbocycles. The molecule has 1 fully saturated rings. The standard InChI is InChI=1S/C16H12N2O5/c1-8-6-9(15(20)21)2-4-11(8)13-5-3-10(23-13)7-12-14(19)18-16(22)17-12/h2-7H,1H3,(H,20,21)(H2,17,18,19,22)/p-1/b12-7+. The zero-order valence-corrected chi connectivity index (χ0v) is 12.0. The van der Waals surface area contributed by atoms with Crippen LogP contribution in [0.2, 0.25) is 0 Å². The van der Waals surface area contributed by atoms with Gasteiger partial charge in [-0.2, -0.15) is 0 Å². The summed E-state index contributed by atoms with van der Waals surface area (Å²) in [6.07, 6.45) is 1.41. The van der Waals surface area contributed by atoms with Crippen LogP contribution in [0.4, 0.5) is 4.79 Å². The van der Waals surface area contributed by atoms with Crippen molar-refractivity contribution in [3.8, 4) is 11.3 Å². The highest BCUT2D eigenvalue weighted by atomic mass is 16.4. The number of hydrogen-bond donors (Lipinski definition) is 2. The molecule has 7 nitrogen and oxygen atoms in total. The van der Waals surface area contributed by atoms with Gasteiger partial charge in [-0.05, 0) is 36.2 Å². The van der Waals surface area contributed by atoms with E-state index in [4.69, 9.17) is 4.42 Å². The minimum atomic E-state index is -1.24. The molecular weight excluding hydrogens is 300 g/mol. The predicted octanol–water partition coefficient (Wildman–Crippen LogP) is 0.799. The third kappa shape index (κ3) is 2.84. The molecule has 2 aromatic rings. The molecule has 0 aliphatic carbocycles. The van der Waals surface area contributed by atoms with E-state index < -0.39 is 17.9 Å². The zero-order chi connectivity index (χ0) is 16.6. The van der Waals surface area contributed by atoms with Gasteiger partial charge in [-0.3, -0.25) is 10.1 Å². The highest BCUT2D eigenvalue weighted by Crippen LogP contribution is 2.27. The molecular formula is C16H11N2O5-. The maximum absolute atomic E-state index is 11.5. The van der Waals surface area contributed by atoms with Crippen LogP contribution in [-0.2, 0) is 4.79 Å². The molecule has 0 saturated carbocycles. The van der Waals surface area contributed by atoms with E-state index in [1.807, 2.05) is 0 Å². The number of amides is 3. The summed E-state index contributed by atoms with van der Waals surface area (Å²) in [4.78, 5) is 33.3. The number of urea groups is 1. The van der Waals surface area contributed by atoms with Crippen LogP contribution >= 0.6 is 0 Å². The number of nitrogens with one attached hydrogen (secondary N) is 2. The first-order chi connectivity index (χ1) is 10.9. The third-order valence-corrected chi connectivity index (χ3v) is 3.36. The van der Waals surface area contributed by atoms with E-state index >= 15 is 0 Å². The van der Waals surface area contributed by atoms with Crippen molar-refractivity contribution in [1.82, 2.24) is 10.6 Å². The fourth-order valence-corrected chi connectivity index (χ4v) is 2.27. The van der Waals surface area contributed by atoms with E-state index in [1.165, 1.54) is 18.2 Å². The van der Waals surface area contributed by atoms with Gasteiger partial charge < -0.3 is 19.6 Å². The summed E-state index contributed by atoms with van der Waals surface area (Å²) in [5.74, 6) is -0.866. The molecule has 0 atom stereocenters. The van der Waals surface area contributed by atoms with Crippen molar-refractivity contribution in [1.29, 1.82) is 0 Å². The van der Waals surface area contributed by atoms with Crippen molar-refractivity contribution in [2.75, 3.05) is 0 Å². The Balaban J connectivity index is 1.91. The minimum Gasteiger partial charge on any atom is -0.545 e. The summed E-state index contributed by atoms with van der Waals surface area (Å²) < 4.78 is 5.63. The number of carboxylic acid groups (broad SMARTS) is 1. The average Bonchev–Trinajstić information content (AvgIpc) is 3.06. The van der Waals surface area contributed by atoms with Gasteiger partial charge in [-0.25, -0.2) is 4.79 Å². The van der Waals surface area contributed by atoms with Crippen LogP contribution in [-0.4, -0.2) is 17.9 Å². The fourth-order valence-electron chi connectivity index (χ4n) is 2.27. The molecule has 3 amide bonds. The summed E-state index contributed by atoms with van der Waals surface area (Å²) in [6.45, 7) is 1.76. The minimum absolute atomic E-state index is 0.0884. The van der Waals surface area contributed by atoms with Gasteiger partial charge in [0.25, 0.3) is 5.91 Å². The lowest BCUT2D eigenvalue weighted by Gasteiger charge is -2.07. The van der Waals surface area contributed by atoms with Crippen molar-refractivity contribution in [3.05, 3.63) is 52.9 Å². The maximum atomic E-state index is 11.5. The largest absolute Gasteiger partial charge is 0.545 e. The molecule has 116 valence electrons. The molecule has 0 spiro atoms. The molecule has 0 radical (unpaired) electrons. The van der Waals surface area contributed by atoms with Crippen molar-refractivity contribution < 1.29 is 23.9 Å². The van der Waals surface area contributed by atoms with Gasteiger partial charge in [0.15, 0.2) is 0 Å². The molecule has 1 aliphatic heterocycles. The smallest absolute Gasteiger partial charge is 0.326 e. The van der Waals surface area contributed by atoms with Crippen LogP contribution in [0.25, 0.3) is 17.4 Å². The van der Waals surface area contributed by atoms with Crippen molar-refractivity contribution >= 4 is 24.0 Å². The molecule has 2 N–H and O–H groups in total. The maximum Gasteiger partial charge on any atom is 0.326 e. The third-order valence-electron chi connectivity index (χ3n) is 3.36. The van der Waals surface area contributed by atoms with E-state index in [0.717, 1.165) is 5.56 Å². The van der Waals surface area contributed by atoms with Crippen LogP contribution in [0, 0.1) is 6.92 Å². The molecule has 1 saturated heterocycles. The van der Waals surface area contributed by atoms with Crippen LogP contribution in [0.1, 0.15) is 21.7 Å². The quantitative estimate of drug-likeness (QED) is 0.643. The number of hydrogen-bond acceptors (Lipinski definition) is 5. The highest BCUT2D eigenvalue weighted by Gasteiger charge is 2.23. The number of carbonyl (C=O) groups is 3. The molecule has 23 heavy (non-hydrogen) atoms. The summed E-state index contributed by atoms with van der Waals surface area (Å²) in [5, 5.41) is 15.3. The lowest BCUT2D eigenvalue weighted by molar-refractivity contribution is -0.255. The average molecular weight is 311 g/mol. The molecule has 0 unspecified atom stereocenters. The Morgan fingerprint density at radius 1 is 1.17 bits per heavy atom. The van der Waals surface area contributed by atoms with Crippen molar-refractivity contribution in [3.63, 3.8) is 0 Å². The summed E-state index contributed by atoms with van der Waals surface area (Å²) in [7, 11) is 0. The topological polar surface area (TPSA) is 111 Å². The Morgan fingerprint density at radius 2 is 1.96 bits per heavy atom. The predicted molar refractivity (Wildman–Crippen MR) is 77.9 cm³/mol. The number of aromatic carboxylic acids is 1. The SMILES string of the molecule is Cc1cc(C(=O)[O-])ccc1-c1ccc(/C=C2/NC(=O)NC2=O)o1. The lowest BCUT2D eigenvalue weighted by Crippen LogP contribution is -2.22. The van der Waals surface area contributed by atoms with Gasteiger partial charge in [0, 0.05) is 11.6 Å². The van der Waals surface area contributed by atoms with Gasteiger partial charge in [0.05, 0.1) is 5.97 Å². The highest BCUT2D eigenvalue weighted by molar-refractivity contribution is 6.13. The van der Waals surface area contributed by atoms with Crippen LogP contribution in [0.15, 0.2) is 40.4 Å². The van der Waals surface area contributed by atoms with E-state index in [1.54, 1.807) is 25.1 Å². The fraction of sp³-hybridized carbons (Fsp3) is 0.0625. The number of aryl methyl sites for hydroxylation is 1. The number of rotatable bonds is 3. The lowest BCUT2D eigenvalue weighted by atomic mass is 10.0. The van der Waals surface area contributed by atoms with E-state index in [9.17, 15) is 19.5 Å². The summed E-state index contributed by atoms with van der Waals surface area (Å²) in [6, 6.07) is 7.31. The Hall–Kier alpha value is -3.35. The number of imide groups is 1. The van der Waals surface area contributed by atoms with Gasteiger partial charge >= 0.3 is 6.03 Å². The Labute approximate surface area is 130 Å². The Morgan fingerprint density at radius 3 is 2.57 bits per heavy atom. The van der Waals surface area contributed by atoms with Crippen LogP contribution < -0.4 is 15.7 Å². The monoisotopic (exact) mass is 311 g/mol. The first-order valence-electron chi connectivity index (χ1n) is 6.70. The first-order valence-corrected chi connectivity index (χ1v) is 6.70. The number of benzene rings is 1. The second-order valence-corrected chi connectivity index (χ2v) is 4.99. The summed E-state index contributed by atoms with van der Waals surface area (Å²) >= 11 is 0. The van der Waals surface area contributed by atoms with Gasteiger partial charge in [0.2, 0.25) is 0 Å². The van der Waals surface area contributed by atoms with Crippen molar-refractivity contribution in [2.24, 2.45) is 0 Å². The molecule has 7 heteroatoms. The second-order valence-electron chi connectivity index (χ2n) is 4.99.